The third-order valence-corrected chi connectivity index (χ3v) is 1.94. The summed E-state index contributed by atoms with van der Waals surface area (Å²) in [5.41, 5.74) is 11.5. The van der Waals surface area contributed by atoms with Crippen LogP contribution in [0.15, 0.2) is 24.3 Å². The zero-order chi connectivity index (χ0) is 10.7. The number of hydrogen-bond acceptors (Lipinski definition) is 4. The van der Waals surface area contributed by atoms with Gasteiger partial charge in [-0.2, -0.15) is 0 Å². The van der Waals surface area contributed by atoms with Crippen LogP contribution in [0.3, 0.4) is 0 Å². The van der Waals surface area contributed by atoms with E-state index in [1.54, 1.807) is 24.3 Å². The zero-order valence-electron chi connectivity index (χ0n) is 7.42. The van der Waals surface area contributed by atoms with Crippen LogP contribution >= 0.6 is 0 Å². The lowest BCUT2D eigenvalue weighted by atomic mass is 10.0. The van der Waals surface area contributed by atoms with Crippen molar-refractivity contribution in [3.05, 3.63) is 29.8 Å². The van der Waals surface area contributed by atoms with Crippen molar-refractivity contribution < 1.29 is 15.0 Å². The molecule has 0 saturated heterocycles. The summed E-state index contributed by atoms with van der Waals surface area (Å²) < 4.78 is 0. The second-order valence-electron chi connectivity index (χ2n) is 2.94. The predicted molar refractivity (Wildman–Crippen MR) is 51.4 cm³/mol. The molecule has 76 valence electrons. The van der Waals surface area contributed by atoms with Crippen LogP contribution in [0.2, 0.25) is 0 Å². The van der Waals surface area contributed by atoms with Gasteiger partial charge >= 0.3 is 5.97 Å². The van der Waals surface area contributed by atoms with Gasteiger partial charge in [0.25, 0.3) is 0 Å². The highest BCUT2D eigenvalue weighted by atomic mass is 16.4. The van der Waals surface area contributed by atoms with Crippen LogP contribution in [0, 0.1) is 0 Å². The number of para-hydroxylation sites is 1. The van der Waals surface area contributed by atoms with Crippen molar-refractivity contribution in [1.82, 2.24) is 0 Å². The Hall–Kier alpha value is -1.59. The Bertz CT molecular complexity index is 341. The lowest BCUT2D eigenvalue weighted by Crippen LogP contribution is -2.36. The number of anilines is 1. The Morgan fingerprint density at radius 1 is 1.36 bits per heavy atom. The average Bonchev–Trinajstić information content (AvgIpc) is 2.16. The quantitative estimate of drug-likeness (QED) is 0.497. The number of carbonyl (C=O) groups is 1. The SMILES string of the molecule is Nc1ccccc1C(O)C(N)C(=O)O. The van der Waals surface area contributed by atoms with Crippen LogP contribution < -0.4 is 11.5 Å². The molecule has 0 aromatic heterocycles. The van der Waals surface area contributed by atoms with Gasteiger partial charge in [0.05, 0.1) is 0 Å². The molecule has 5 nitrogen and oxygen atoms in total. The van der Waals surface area contributed by atoms with E-state index in [1.807, 2.05) is 0 Å². The van der Waals surface area contributed by atoms with Gasteiger partial charge in [0.1, 0.15) is 12.1 Å². The number of rotatable bonds is 3. The molecule has 0 fully saturated rings. The van der Waals surface area contributed by atoms with E-state index in [0.717, 1.165) is 0 Å². The Balaban J connectivity index is 2.94. The maximum absolute atomic E-state index is 10.5. The fourth-order valence-electron chi connectivity index (χ4n) is 1.11. The van der Waals surface area contributed by atoms with Gasteiger partial charge in [-0.1, -0.05) is 18.2 Å². The zero-order valence-corrected chi connectivity index (χ0v) is 7.42. The summed E-state index contributed by atoms with van der Waals surface area (Å²) in [6, 6.07) is 5.11. The van der Waals surface area contributed by atoms with E-state index < -0.39 is 18.1 Å². The summed E-state index contributed by atoms with van der Waals surface area (Å²) >= 11 is 0. The van der Waals surface area contributed by atoms with Gasteiger partial charge in [0.15, 0.2) is 0 Å². The van der Waals surface area contributed by atoms with E-state index in [9.17, 15) is 9.90 Å². The van der Waals surface area contributed by atoms with Crippen molar-refractivity contribution in [1.29, 1.82) is 0 Å². The fraction of sp³-hybridized carbons (Fsp3) is 0.222. The van der Waals surface area contributed by atoms with Crippen LogP contribution in [0.4, 0.5) is 5.69 Å². The predicted octanol–water partition coefficient (Wildman–Crippen LogP) is -0.286. The molecule has 1 rings (SSSR count). The van der Waals surface area contributed by atoms with E-state index >= 15 is 0 Å². The molecule has 0 bridgehead atoms. The second kappa shape index (κ2) is 4.08. The van der Waals surface area contributed by atoms with Crippen molar-refractivity contribution >= 4 is 11.7 Å². The summed E-state index contributed by atoms with van der Waals surface area (Å²) in [5.74, 6) is -1.26. The molecule has 0 aliphatic rings. The molecule has 6 N–H and O–H groups in total. The molecule has 0 radical (unpaired) electrons. The third-order valence-electron chi connectivity index (χ3n) is 1.94. The number of hydrogen-bond donors (Lipinski definition) is 4. The van der Waals surface area contributed by atoms with Gasteiger partial charge in [-0.05, 0) is 6.07 Å². The Morgan fingerprint density at radius 3 is 2.43 bits per heavy atom. The van der Waals surface area contributed by atoms with Crippen LogP contribution in [0.5, 0.6) is 0 Å². The van der Waals surface area contributed by atoms with Gasteiger partial charge < -0.3 is 21.7 Å². The first-order valence-electron chi connectivity index (χ1n) is 4.05. The van der Waals surface area contributed by atoms with Crippen molar-refractivity contribution in [2.75, 3.05) is 5.73 Å². The van der Waals surface area contributed by atoms with Crippen molar-refractivity contribution in [3.8, 4) is 0 Å². The average molecular weight is 196 g/mol. The molecule has 2 atom stereocenters. The normalized spacial score (nSPS) is 14.7. The van der Waals surface area contributed by atoms with Crippen LogP contribution in [-0.4, -0.2) is 22.2 Å². The highest BCUT2D eigenvalue weighted by Crippen LogP contribution is 2.21. The first kappa shape index (κ1) is 10.5. The first-order chi connectivity index (χ1) is 6.54. The monoisotopic (exact) mass is 196 g/mol. The lowest BCUT2D eigenvalue weighted by molar-refractivity contribution is -0.141. The second-order valence-corrected chi connectivity index (χ2v) is 2.94. The molecule has 0 aliphatic carbocycles. The summed E-state index contributed by atoms with van der Waals surface area (Å²) in [6.45, 7) is 0. The number of aliphatic carboxylic acids is 1. The highest BCUT2D eigenvalue weighted by Gasteiger charge is 2.24. The number of carboxylic acids is 1. The van der Waals surface area contributed by atoms with E-state index in [4.69, 9.17) is 16.6 Å². The molecule has 0 aliphatic heterocycles. The third kappa shape index (κ3) is 2.01. The maximum atomic E-state index is 10.5. The van der Waals surface area contributed by atoms with E-state index in [-0.39, 0.29) is 0 Å². The van der Waals surface area contributed by atoms with E-state index in [1.165, 1.54) is 0 Å². The summed E-state index contributed by atoms with van der Waals surface area (Å²) in [5, 5.41) is 18.1. The summed E-state index contributed by atoms with van der Waals surface area (Å²) in [7, 11) is 0. The molecule has 0 amide bonds. The summed E-state index contributed by atoms with van der Waals surface area (Å²) in [6.07, 6.45) is -1.28. The highest BCUT2D eigenvalue weighted by molar-refractivity contribution is 5.74. The van der Waals surface area contributed by atoms with Gasteiger partial charge in [-0.15, -0.1) is 0 Å². The number of carboxylic acid groups (broad SMARTS) is 1. The molecule has 2 unspecified atom stereocenters. The Labute approximate surface area is 81.0 Å². The molecule has 1 aromatic carbocycles. The molecule has 5 heteroatoms. The molecule has 14 heavy (non-hydrogen) atoms. The number of nitrogens with two attached hydrogens (primary N) is 2. The van der Waals surface area contributed by atoms with E-state index in [2.05, 4.69) is 0 Å². The minimum atomic E-state index is -1.36. The van der Waals surface area contributed by atoms with Gasteiger partial charge in [-0.3, -0.25) is 4.79 Å². The molecule has 0 heterocycles. The molecular weight excluding hydrogens is 184 g/mol. The molecule has 0 saturated carbocycles. The Kier molecular flexibility index (Phi) is 3.06. The smallest absolute Gasteiger partial charge is 0.323 e. The largest absolute Gasteiger partial charge is 0.480 e. The van der Waals surface area contributed by atoms with Gasteiger partial charge in [0, 0.05) is 11.3 Å². The minimum absolute atomic E-state index is 0.330. The van der Waals surface area contributed by atoms with Crippen molar-refractivity contribution in [2.24, 2.45) is 5.73 Å². The maximum Gasteiger partial charge on any atom is 0.323 e. The summed E-state index contributed by atoms with van der Waals surface area (Å²) in [4.78, 5) is 10.5. The Morgan fingerprint density at radius 2 is 1.93 bits per heavy atom. The van der Waals surface area contributed by atoms with Crippen LogP contribution in [-0.2, 0) is 4.79 Å². The van der Waals surface area contributed by atoms with Gasteiger partial charge in [-0.25, -0.2) is 0 Å². The molecule has 0 spiro atoms. The first-order valence-corrected chi connectivity index (χ1v) is 4.05. The van der Waals surface area contributed by atoms with Crippen LogP contribution in [0.25, 0.3) is 0 Å². The van der Waals surface area contributed by atoms with Crippen molar-refractivity contribution in [2.45, 2.75) is 12.1 Å². The standard InChI is InChI=1S/C9H12N2O3/c10-6-4-2-1-3-5(6)8(12)7(11)9(13)14/h1-4,7-8,12H,10-11H2,(H,13,14). The van der Waals surface area contributed by atoms with Crippen molar-refractivity contribution in [3.63, 3.8) is 0 Å². The number of aliphatic hydroxyl groups is 1. The lowest BCUT2D eigenvalue weighted by Gasteiger charge is -2.16. The van der Waals surface area contributed by atoms with Gasteiger partial charge in [0.2, 0.25) is 0 Å². The number of aliphatic hydroxyl groups excluding tert-OH is 1. The number of benzene rings is 1. The fourth-order valence-corrected chi connectivity index (χ4v) is 1.11. The van der Waals surface area contributed by atoms with E-state index in [0.29, 0.717) is 11.3 Å². The topological polar surface area (TPSA) is 110 Å². The van der Waals surface area contributed by atoms with Crippen LogP contribution in [0.1, 0.15) is 11.7 Å². The molecule has 1 aromatic rings. The molecular formula is C9H12N2O3. The number of nitrogen functional groups attached to an aromatic ring is 1. The minimum Gasteiger partial charge on any atom is -0.480 e.